The molecule has 1 spiro atoms. The lowest BCUT2D eigenvalue weighted by Crippen LogP contribution is -2.58. The molecule has 0 saturated carbocycles. The minimum atomic E-state index is -1.34. The summed E-state index contributed by atoms with van der Waals surface area (Å²) in [4.78, 5) is 0. The standard InChI is InChI=1S/C7H14N2O4/c8-5-1-10-7(11-2-5)12-3-6(9)4-13-7/h5-6H,1-4,8-9H2. The van der Waals surface area contributed by atoms with E-state index in [4.69, 9.17) is 30.4 Å². The normalized spacial score (nSPS) is 46.6. The molecule has 2 aliphatic rings. The average molecular weight is 190 g/mol. The van der Waals surface area contributed by atoms with Crippen LogP contribution in [0.25, 0.3) is 0 Å². The molecular weight excluding hydrogens is 176 g/mol. The van der Waals surface area contributed by atoms with Crippen LogP contribution in [-0.2, 0) is 18.9 Å². The maximum Gasteiger partial charge on any atom is 0.412 e. The van der Waals surface area contributed by atoms with Crippen LogP contribution in [-0.4, -0.2) is 44.7 Å². The number of ether oxygens (including phenoxy) is 4. The largest absolute Gasteiger partial charge is 0.412 e. The van der Waals surface area contributed by atoms with Gasteiger partial charge < -0.3 is 30.4 Å². The molecule has 2 aliphatic heterocycles. The lowest BCUT2D eigenvalue weighted by molar-refractivity contribution is -0.527. The molecule has 13 heavy (non-hydrogen) atoms. The summed E-state index contributed by atoms with van der Waals surface area (Å²) in [6.45, 7) is 1.48. The summed E-state index contributed by atoms with van der Waals surface area (Å²) in [5, 5.41) is 0. The molecule has 6 heteroatoms. The molecule has 0 aromatic rings. The first-order valence-electron chi connectivity index (χ1n) is 4.27. The molecule has 2 saturated heterocycles. The van der Waals surface area contributed by atoms with Gasteiger partial charge in [0, 0.05) is 0 Å². The minimum absolute atomic E-state index is 0.117. The molecule has 0 unspecified atom stereocenters. The number of hydrogen-bond donors (Lipinski definition) is 2. The maximum absolute atomic E-state index is 5.57. The van der Waals surface area contributed by atoms with E-state index >= 15 is 0 Å². The maximum atomic E-state index is 5.57. The van der Waals surface area contributed by atoms with Crippen LogP contribution in [0.5, 0.6) is 0 Å². The van der Waals surface area contributed by atoms with Crippen LogP contribution in [0.3, 0.4) is 0 Å². The highest BCUT2D eigenvalue weighted by Gasteiger charge is 2.43. The van der Waals surface area contributed by atoms with Crippen LogP contribution in [0.4, 0.5) is 0 Å². The van der Waals surface area contributed by atoms with Crippen LogP contribution in [0.2, 0.25) is 0 Å². The Morgan fingerprint density at radius 1 is 0.769 bits per heavy atom. The highest BCUT2D eigenvalue weighted by Crippen LogP contribution is 2.24. The number of nitrogens with two attached hydrogens (primary N) is 2. The Morgan fingerprint density at radius 2 is 1.08 bits per heavy atom. The van der Waals surface area contributed by atoms with Crippen LogP contribution < -0.4 is 11.5 Å². The minimum Gasteiger partial charge on any atom is -0.324 e. The van der Waals surface area contributed by atoms with Crippen LogP contribution in [0.1, 0.15) is 0 Å². The molecule has 0 radical (unpaired) electrons. The van der Waals surface area contributed by atoms with Crippen molar-refractivity contribution in [1.82, 2.24) is 0 Å². The van der Waals surface area contributed by atoms with Crippen molar-refractivity contribution < 1.29 is 18.9 Å². The molecule has 2 heterocycles. The summed E-state index contributed by atoms with van der Waals surface area (Å²) in [5.74, 6) is 0. The van der Waals surface area contributed by atoms with Gasteiger partial charge in [-0.25, -0.2) is 0 Å². The summed E-state index contributed by atoms with van der Waals surface area (Å²) in [7, 11) is 0. The lowest BCUT2D eigenvalue weighted by atomic mass is 10.3. The Morgan fingerprint density at radius 3 is 1.38 bits per heavy atom. The van der Waals surface area contributed by atoms with E-state index < -0.39 is 6.16 Å². The first kappa shape index (κ1) is 9.32. The predicted molar refractivity (Wildman–Crippen MR) is 42.5 cm³/mol. The van der Waals surface area contributed by atoms with Crippen molar-refractivity contribution in [2.45, 2.75) is 18.2 Å². The molecule has 2 rings (SSSR count). The van der Waals surface area contributed by atoms with Crippen molar-refractivity contribution in [3.05, 3.63) is 0 Å². The van der Waals surface area contributed by atoms with E-state index in [0.29, 0.717) is 26.4 Å². The molecule has 0 aliphatic carbocycles. The van der Waals surface area contributed by atoms with Gasteiger partial charge in [-0.2, -0.15) is 0 Å². The topological polar surface area (TPSA) is 89.0 Å². The van der Waals surface area contributed by atoms with Gasteiger partial charge in [0.1, 0.15) is 0 Å². The zero-order valence-corrected chi connectivity index (χ0v) is 7.27. The van der Waals surface area contributed by atoms with Crippen molar-refractivity contribution in [2.75, 3.05) is 26.4 Å². The third kappa shape index (κ3) is 1.98. The Labute approximate surface area is 76.1 Å². The van der Waals surface area contributed by atoms with E-state index in [-0.39, 0.29) is 12.1 Å². The first-order valence-corrected chi connectivity index (χ1v) is 4.27. The van der Waals surface area contributed by atoms with Gasteiger partial charge in [0.25, 0.3) is 0 Å². The van der Waals surface area contributed by atoms with E-state index in [1.165, 1.54) is 0 Å². The van der Waals surface area contributed by atoms with Gasteiger partial charge in [-0.1, -0.05) is 0 Å². The van der Waals surface area contributed by atoms with Crippen LogP contribution in [0.15, 0.2) is 0 Å². The van der Waals surface area contributed by atoms with Gasteiger partial charge in [0.2, 0.25) is 0 Å². The zero-order chi connectivity index (χ0) is 9.31. The highest BCUT2D eigenvalue weighted by atomic mass is 17.0. The molecule has 0 aromatic heterocycles. The average Bonchev–Trinajstić information content (AvgIpc) is 2.16. The van der Waals surface area contributed by atoms with Gasteiger partial charge in [0.15, 0.2) is 0 Å². The number of rotatable bonds is 0. The van der Waals surface area contributed by atoms with Crippen LogP contribution in [0, 0.1) is 0 Å². The SMILES string of the molecule is NC1COC2(OC1)OCC(N)CO2. The molecule has 76 valence electrons. The van der Waals surface area contributed by atoms with Gasteiger partial charge in [-0.05, 0) is 0 Å². The fourth-order valence-corrected chi connectivity index (χ4v) is 1.18. The summed E-state index contributed by atoms with van der Waals surface area (Å²) >= 11 is 0. The Hall–Kier alpha value is -0.240. The second kappa shape index (κ2) is 3.49. The predicted octanol–water partition coefficient (Wildman–Crippen LogP) is -1.65. The van der Waals surface area contributed by atoms with E-state index in [1.807, 2.05) is 0 Å². The molecule has 2 fully saturated rings. The van der Waals surface area contributed by atoms with E-state index in [1.54, 1.807) is 0 Å². The molecular formula is C7H14N2O4. The lowest BCUT2D eigenvalue weighted by Gasteiger charge is -2.40. The van der Waals surface area contributed by atoms with Crippen LogP contribution >= 0.6 is 0 Å². The molecule has 0 amide bonds. The van der Waals surface area contributed by atoms with Gasteiger partial charge >= 0.3 is 6.16 Å². The second-order valence-electron chi connectivity index (χ2n) is 3.26. The third-order valence-corrected chi connectivity index (χ3v) is 1.90. The fourth-order valence-electron chi connectivity index (χ4n) is 1.18. The molecule has 0 atom stereocenters. The van der Waals surface area contributed by atoms with E-state index in [9.17, 15) is 0 Å². The molecule has 4 N–H and O–H groups in total. The first-order chi connectivity index (χ1) is 6.20. The van der Waals surface area contributed by atoms with Crippen molar-refractivity contribution in [2.24, 2.45) is 11.5 Å². The zero-order valence-electron chi connectivity index (χ0n) is 7.27. The molecule has 0 aromatic carbocycles. The summed E-state index contributed by atoms with van der Waals surface area (Å²) in [6.07, 6.45) is -1.34. The third-order valence-electron chi connectivity index (χ3n) is 1.90. The van der Waals surface area contributed by atoms with Crippen molar-refractivity contribution in [3.63, 3.8) is 0 Å². The number of hydrogen-bond acceptors (Lipinski definition) is 6. The smallest absolute Gasteiger partial charge is 0.324 e. The van der Waals surface area contributed by atoms with Gasteiger partial charge in [0.05, 0.1) is 38.5 Å². The Kier molecular flexibility index (Phi) is 2.50. The van der Waals surface area contributed by atoms with E-state index in [2.05, 4.69) is 0 Å². The second-order valence-corrected chi connectivity index (χ2v) is 3.26. The van der Waals surface area contributed by atoms with E-state index in [0.717, 1.165) is 0 Å². The summed E-state index contributed by atoms with van der Waals surface area (Å²) < 4.78 is 20.9. The molecule has 6 nitrogen and oxygen atoms in total. The van der Waals surface area contributed by atoms with Crippen molar-refractivity contribution >= 4 is 0 Å². The van der Waals surface area contributed by atoms with Gasteiger partial charge in [-0.3, -0.25) is 0 Å². The summed E-state index contributed by atoms with van der Waals surface area (Å²) in [6, 6.07) is -0.234. The van der Waals surface area contributed by atoms with Crippen molar-refractivity contribution in [3.8, 4) is 0 Å². The van der Waals surface area contributed by atoms with Crippen molar-refractivity contribution in [1.29, 1.82) is 0 Å². The fraction of sp³-hybridized carbons (Fsp3) is 1.00. The quantitative estimate of drug-likeness (QED) is 0.475. The highest BCUT2D eigenvalue weighted by molar-refractivity contribution is 4.70. The Bertz CT molecular complexity index is 150. The van der Waals surface area contributed by atoms with Gasteiger partial charge in [-0.15, -0.1) is 0 Å². The summed E-state index contributed by atoms with van der Waals surface area (Å²) in [5.41, 5.74) is 11.1. The monoisotopic (exact) mass is 190 g/mol. The molecule has 0 bridgehead atoms. The Balaban J connectivity index is 1.90.